The van der Waals surface area contributed by atoms with E-state index in [0.717, 1.165) is 42.2 Å². The fraction of sp³-hybridized carbons (Fsp3) is 0.381. The minimum atomic E-state index is -3.16. The first kappa shape index (κ1) is 26.5. The highest BCUT2D eigenvalue weighted by Gasteiger charge is 2.06. The second-order valence-electron chi connectivity index (χ2n) is 6.70. The summed E-state index contributed by atoms with van der Waals surface area (Å²) >= 11 is 5.95. The van der Waals surface area contributed by atoms with Gasteiger partial charge in [-0.15, -0.1) is 24.0 Å². The van der Waals surface area contributed by atoms with Crippen LogP contribution in [0.3, 0.4) is 0 Å². The Hall–Kier alpha value is -1.52. The van der Waals surface area contributed by atoms with Crippen molar-refractivity contribution in [3.8, 4) is 5.75 Å². The second-order valence-corrected chi connectivity index (χ2v) is 9.16. The number of guanidine groups is 1. The zero-order valence-electron chi connectivity index (χ0n) is 17.4. The SMILES string of the molecule is CN=C(NCCCOc1ccc(Cl)cc1C)NCCc1ccc(S(C)(=O)=O)cc1.I. The Balaban J connectivity index is 0.00000450. The van der Waals surface area contributed by atoms with Gasteiger partial charge in [-0.3, -0.25) is 4.99 Å². The Morgan fingerprint density at radius 2 is 1.77 bits per heavy atom. The van der Waals surface area contributed by atoms with E-state index in [4.69, 9.17) is 16.3 Å². The van der Waals surface area contributed by atoms with Gasteiger partial charge in [0.05, 0.1) is 11.5 Å². The number of sulfone groups is 1. The molecule has 0 bridgehead atoms. The van der Waals surface area contributed by atoms with E-state index in [1.165, 1.54) is 6.26 Å². The van der Waals surface area contributed by atoms with E-state index < -0.39 is 9.84 Å². The van der Waals surface area contributed by atoms with Crippen LogP contribution in [-0.4, -0.2) is 47.4 Å². The minimum Gasteiger partial charge on any atom is -0.493 e. The maximum Gasteiger partial charge on any atom is 0.190 e. The molecule has 6 nitrogen and oxygen atoms in total. The van der Waals surface area contributed by atoms with Crippen molar-refractivity contribution >= 4 is 51.4 Å². The molecule has 0 saturated heterocycles. The van der Waals surface area contributed by atoms with Crippen LogP contribution >= 0.6 is 35.6 Å². The summed E-state index contributed by atoms with van der Waals surface area (Å²) < 4.78 is 28.8. The third kappa shape index (κ3) is 9.09. The first-order valence-corrected chi connectivity index (χ1v) is 11.7. The van der Waals surface area contributed by atoms with Gasteiger partial charge in [-0.1, -0.05) is 23.7 Å². The van der Waals surface area contributed by atoms with Crippen LogP contribution in [0.1, 0.15) is 17.5 Å². The van der Waals surface area contributed by atoms with Gasteiger partial charge >= 0.3 is 0 Å². The van der Waals surface area contributed by atoms with E-state index in [2.05, 4.69) is 15.6 Å². The minimum absolute atomic E-state index is 0. The Morgan fingerprint density at radius 1 is 1.10 bits per heavy atom. The van der Waals surface area contributed by atoms with Crippen LogP contribution in [0.5, 0.6) is 5.75 Å². The molecule has 0 spiro atoms. The molecule has 0 saturated carbocycles. The number of hydrogen-bond acceptors (Lipinski definition) is 4. The number of nitrogens with zero attached hydrogens (tertiary/aromatic N) is 1. The summed E-state index contributed by atoms with van der Waals surface area (Å²) in [6, 6.07) is 12.5. The fourth-order valence-corrected chi connectivity index (χ4v) is 3.54. The van der Waals surface area contributed by atoms with Gasteiger partial charge in [0.2, 0.25) is 0 Å². The number of benzene rings is 2. The summed E-state index contributed by atoms with van der Waals surface area (Å²) in [5.74, 6) is 1.57. The molecule has 2 aromatic carbocycles. The Bertz CT molecular complexity index is 935. The molecule has 0 radical (unpaired) electrons. The van der Waals surface area contributed by atoms with Gasteiger partial charge in [0.25, 0.3) is 0 Å². The molecule has 0 aliphatic carbocycles. The fourth-order valence-electron chi connectivity index (χ4n) is 2.69. The van der Waals surface area contributed by atoms with Crippen molar-refractivity contribution in [1.82, 2.24) is 10.6 Å². The molecule has 0 aromatic heterocycles. The summed E-state index contributed by atoms with van der Waals surface area (Å²) in [5, 5.41) is 7.21. The van der Waals surface area contributed by atoms with E-state index >= 15 is 0 Å². The molecular formula is C21H29ClIN3O3S. The lowest BCUT2D eigenvalue weighted by molar-refractivity contribution is 0.309. The molecule has 0 amide bonds. The number of aryl methyl sites for hydroxylation is 1. The smallest absolute Gasteiger partial charge is 0.190 e. The topological polar surface area (TPSA) is 79.8 Å². The summed E-state index contributed by atoms with van der Waals surface area (Å²) in [6.45, 7) is 3.99. The van der Waals surface area contributed by atoms with Gasteiger partial charge in [-0.05, 0) is 61.2 Å². The maximum absolute atomic E-state index is 11.5. The lowest BCUT2D eigenvalue weighted by atomic mass is 10.1. The average Bonchev–Trinajstić information content (AvgIpc) is 2.67. The van der Waals surface area contributed by atoms with E-state index in [9.17, 15) is 8.42 Å². The lowest BCUT2D eigenvalue weighted by Gasteiger charge is -2.13. The second kappa shape index (κ2) is 13.0. The zero-order chi connectivity index (χ0) is 21.3. The van der Waals surface area contributed by atoms with Crippen LogP contribution in [0.4, 0.5) is 0 Å². The van der Waals surface area contributed by atoms with Crippen molar-refractivity contribution < 1.29 is 13.2 Å². The number of hydrogen-bond donors (Lipinski definition) is 2. The number of halogens is 2. The van der Waals surface area contributed by atoms with Gasteiger partial charge in [-0.25, -0.2) is 8.42 Å². The molecular weight excluding hydrogens is 537 g/mol. The third-order valence-electron chi connectivity index (χ3n) is 4.29. The number of ether oxygens (including phenoxy) is 1. The van der Waals surface area contributed by atoms with Crippen LogP contribution < -0.4 is 15.4 Å². The van der Waals surface area contributed by atoms with Gasteiger partial charge in [0.15, 0.2) is 15.8 Å². The maximum atomic E-state index is 11.5. The van der Waals surface area contributed by atoms with Crippen molar-refractivity contribution in [3.05, 3.63) is 58.6 Å². The lowest BCUT2D eigenvalue weighted by Crippen LogP contribution is -2.39. The highest BCUT2D eigenvalue weighted by molar-refractivity contribution is 14.0. The molecule has 30 heavy (non-hydrogen) atoms. The monoisotopic (exact) mass is 565 g/mol. The Kier molecular flexibility index (Phi) is 11.5. The Labute approximate surface area is 201 Å². The molecule has 0 fully saturated rings. The quantitative estimate of drug-likeness (QED) is 0.209. The first-order chi connectivity index (χ1) is 13.8. The zero-order valence-corrected chi connectivity index (χ0v) is 21.3. The van der Waals surface area contributed by atoms with Crippen molar-refractivity contribution in [2.75, 3.05) is 33.0 Å². The van der Waals surface area contributed by atoms with Crippen LogP contribution in [0.2, 0.25) is 5.02 Å². The molecule has 0 heterocycles. The molecule has 2 N–H and O–H groups in total. The van der Waals surface area contributed by atoms with Crippen LogP contribution in [0, 0.1) is 6.92 Å². The number of rotatable bonds is 9. The standard InChI is InChI=1S/C21H28ClN3O3S.HI/c1-16-15-18(22)7-10-20(16)28-14-4-12-24-21(23-2)25-13-11-17-5-8-19(9-6-17)29(3,26)27;/h5-10,15H,4,11-14H2,1-3H3,(H2,23,24,25);1H. The molecule has 9 heteroatoms. The van der Waals surface area contributed by atoms with Gasteiger partial charge < -0.3 is 15.4 Å². The van der Waals surface area contributed by atoms with Crippen molar-refractivity contribution in [2.45, 2.75) is 24.7 Å². The van der Waals surface area contributed by atoms with Gasteiger partial charge in [-0.2, -0.15) is 0 Å². The first-order valence-electron chi connectivity index (χ1n) is 9.42. The summed E-state index contributed by atoms with van der Waals surface area (Å²) in [7, 11) is -1.43. The highest BCUT2D eigenvalue weighted by Crippen LogP contribution is 2.21. The van der Waals surface area contributed by atoms with E-state index in [-0.39, 0.29) is 24.0 Å². The summed E-state index contributed by atoms with van der Waals surface area (Å²) in [4.78, 5) is 4.54. The van der Waals surface area contributed by atoms with Crippen LogP contribution in [0.15, 0.2) is 52.4 Å². The molecule has 2 aromatic rings. The molecule has 2 rings (SSSR count). The highest BCUT2D eigenvalue weighted by atomic mass is 127. The summed E-state index contributed by atoms with van der Waals surface area (Å²) in [5.41, 5.74) is 2.08. The van der Waals surface area contributed by atoms with E-state index in [1.807, 2.05) is 37.3 Å². The molecule has 0 aliphatic heterocycles. The van der Waals surface area contributed by atoms with Crippen molar-refractivity contribution in [2.24, 2.45) is 4.99 Å². The van der Waals surface area contributed by atoms with Crippen molar-refractivity contribution in [1.29, 1.82) is 0 Å². The molecule has 166 valence electrons. The predicted octanol–water partition coefficient (Wildman–Crippen LogP) is 3.85. The van der Waals surface area contributed by atoms with Gasteiger partial charge in [0, 0.05) is 31.4 Å². The van der Waals surface area contributed by atoms with Crippen LogP contribution in [0.25, 0.3) is 0 Å². The molecule has 0 unspecified atom stereocenters. The number of aliphatic imine (C=N–C) groups is 1. The number of nitrogens with one attached hydrogen (secondary N) is 2. The van der Waals surface area contributed by atoms with Crippen LogP contribution in [-0.2, 0) is 16.3 Å². The molecule has 0 atom stereocenters. The third-order valence-corrected chi connectivity index (χ3v) is 5.65. The van der Waals surface area contributed by atoms with E-state index in [0.29, 0.717) is 23.1 Å². The Morgan fingerprint density at radius 3 is 2.37 bits per heavy atom. The average molecular weight is 566 g/mol. The van der Waals surface area contributed by atoms with Crippen molar-refractivity contribution in [3.63, 3.8) is 0 Å². The normalized spacial score (nSPS) is 11.5. The molecule has 0 aliphatic rings. The van der Waals surface area contributed by atoms with E-state index in [1.54, 1.807) is 19.2 Å². The largest absolute Gasteiger partial charge is 0.493 e. The summed E-state index contributed by atoms with van der Waals surface area (Å²) in [6.07, 6.45) is 2.81. The van der Waals surface area contributed by atoms with Gasteiger partial charge in [0.1, 0.15) is 5.75 Å². The predicted molar refractivity (Wildman–Crippen MR) is 134 cm³/mol.